The van der Waals surface area contributed by atoms with Crippen LogP contribution < -0.4 is 5.32 Å². The normalized spacial score (nSPS) is 12.1. The van der Waals surface area contributed by atoms with Gasteiger partial charge >= 0.3 is 0 Å². The summed E-state index contributed by atoms with van der Waals surface area (Å²) in [5.74, 6) is 0. The van der Waals surface area contributed by atoms with Crippen LogP contribution in [-0.4, -0.2) is 39.9 Å². The Morgan fingerprint density at radius 1 is 1.47 bits per heavy atom. The third-order valence-electron chi connectivity index (χ3n) is 2.26. The second-order valence-electron chi connectivity index (χ2n) is 3.50. The van der Waals surface area contributed by atoms with Crippen molar-refractivity contribution >= 4 is 37.6 Å². The lowest BCUT2D eigenvalue weighted by atomic mass is 10.4. The molecule has 17 heavy (non-hydrogen) atoms. The van der Waals surface area contributed by atoms with Crippen LogP contribution in [0.2, 0.25) is 5.02 Å². The first-order valence-corrected chi connectivity index (χ1v) is 7.56. The monoisotopic (exact) mass is 340 g/mol. The van der Waals surface area contributed by atoms with E-state index in [1.807, 2.05) is 0 Å². The minimum absolute atomic E-state index is 0.126. The number of sulfonamides is 1. The molecule has 4 nitrogen and oxygen atoms in total. The van der Waals surface area contributed by atoms with Gasteiger partial charge in [0.2, 0.25) is 10.0 Å². The van der Waals surface area contributed by atoms with E-state index in [0.29, 0.717) is 13.1 Å². The number of halogens is 2. The molecule has 0 aliphatic carbocycles. The Balaban J connectivity index is 3.04. The van der Waals surface area contributed by atoms with Gasteiger partial charge in [0.05, 0.1) is 5.02 Å². The Kier molecular flexibility index (Phi) is 5.40. The number of rotatable bonds is 5. The molecular weight excluding hydrogens is 328 g/mol. The fourth-order valence-electron chi connectivity index (χ4n) is 1.24. The summed E-state index contributed by atoms with van der Waals surface area (Å²) in [6, 6.07) is 4.72. The molecule has 0 spiro atoms. The molecule has 0 amide bonds. The fraction of sp³-hybridized carbons (Fsp3) is 0.400. The van der Waals surface area contributed by atoms with Crippen molar-refractivity contribution in [2.75, 3.05) is 27.2 Å². The van der Waals surface area contributed by atoms with Gasteiger partial charge in [-0.2, -0.15) is 4.31 Å². The van der Waals surface area contributed by atoms with Crippen LogP contribution in [0.4, 0.5) is 0 Å². The van der Waals surface area contributed by atoms with Gasteiger partial charge in [-0.1, -0.05) is 27.5 Å². The van der Waals surface area contributed by atoms with E-state index in [4.69, 9.17) is 11.6 Å². The van der Waals surface area contributed by atoms with Crippen molar-refractivity contribution in [3.05, 3.63) is 27.7 Å². The highest BCUT2D eigenvalue weighted by molar-refractivity contribution is 9.10. The molecule has 1 rings (SSSR count). The molecule has 0 atom stereocenters. The molecule has 0 aliphatic rings. The predicted molar refractivity (Wildman–Crippen MR) is 72.9 cm³/mol. The van der Waals surface area contributed by atoms with Crippen molar-refractivity contribution in [1.29, 1.82) is 0 Å². The van der Waals surface area contributed by atoms with Crippen molar-refractivity contribution < 1.29 is 8.42 Å². The largest absolute Gasteiger partial charge is 0.318 e. The molecule has 0 unspecified atom stereocenters. The van der Waals surface area contributed by atoms with E-state index in [2.05, 4.69) is 21.2 Å². The van der Waals surface area contributed by atoms with E-state index in [1.54, 1.807) is 19.2 Å². The van der Waals surface area contributed by atoms with Gasteiger partial charge in [-0.15, -0.1) is 0 Å². The van der Waals surface area contributed by atoms with Gasteiger partial charge in [0.1, 0.15) is 4.90 Å². The lowest BCUT2D eigenvalue weighted by Gasteiger charge is -2.17. The van der Waals surface area contributed by atoms with Gasteiger partial charge in [0.15, 0.2) is 0 Å². The van der Waals surface area contributed by atoms with Gasteiger partial charge in [0.25, 0.3) is 0 Å². The molecule has 1 N–H and O–H groups in total. The summed E-state index contributed by atoms with van der Waals surface area (Å²) in [5, 5.41) is 3.12. The van der Waals surface area contributed by atoms with Crippen LogP contribution in [0.1, 0.15) is 0 Å². The summed E-state index contributed by atoms with van der Waals surface area (Å²) in [7, 11) is -0.214. The number of nitrogens with one attached hydrogen (secondary N) is 1. The molecule has 0 aliphatic heterocycles. The molecule has 0 aromatic heterocycles. The molecule has 0 saturated heterocycles. The van der Waals surface area contributed by atoms with Crippen LogP contribution >= 0.6 is 27.5 Å². The lowest BCUT2D eigenvalue weighted by Crippen LogP contribution is -2.33. The summed E-state index contributed by atoms with van der Waals surface area (Å²) < 4.78 is 26.4. The highest BCUT2D eigenvalue weighted by atomic mass is 79.9. The molecule has 0 radical (unpaired) electrons. The summed E-state index contributed by atoms with van der Waals surface area (Å²) in [6.45, 7) is 0.981. The van der Waals surface area contributed by atoms with E-state index in [-0.39, 0.29) is 9.92 Å². The molecule has 1 aromatic carbocycles. The van der Waals surface area contributed by atoms with E-state index in [0.717, 1.165) is 4.47 Å². The van der Waals surface area contributed by atoms with Crippen LogP contribution in [0.3, 0.4) is 0 Å². The van der Waals surface area contributed by atoms with Crippen LogP contribution in [0.15, 0.2) is 27.6 Å². The quantitative estimate of drug-likeness (QED) is 0.890. The van der Waals surface area contributed by atoms with Gasteiger partial charge in [-0.25, -0.2) is 8.42 Å². The van der Waals surface area contributed by atoms with E-state index in [1.165, 1.54) is 17.4 Å². The zero-order valence-electron chi connectivity index (χ0n) is 9.57. The third-order valence-corrected chi connectivity index (χ3v) is 5.09. The third kappa shape index (κ3) is 3.66. The minimum atomic E-state index is -3.52. The Labute approximate surface area is 115 Å². The van der Waals surface area contributed by atoms with Crippen LogP contribution in [-0.2, 0) is 10.0 Å². The maximum Gasteiger partial charge on any atom is 0.244 e. The number of nitrogens with zero attached hydrogens (tertiary/aromatic N) is 1. The average molecular weight is 342 g/mol. The van der Waals surface area contributed by atoms with E-state index < -0.39 is 10.0 Å². The SMILES string of the molecule is CNCCN(C)S(=O)(=O)c1ccc(Br)cc1Cl. The topological polar surface area (TPSA) is 49.4 Å². The van der Waals surface area contributed by atoms with Crippen molar-refractivity contribution in [3.8, 4) is 0 Å². The number of benzene rings is 1. The van der Waals surface area contributed by atoms with Crippen molar-refractivity contribution in [2.24, 2.45) is 0 Å². The molecule has 0 heterocycles. The zero-order valence-corrected chi connectivity index (χ0v) is 12.7. The Morgan fingerprint density at radius 3 is 2.65 bits per heavy atom. The molecular formula is C10H14BrClN2O2S. The first-order chi connectivity index (χ1) is 7.89. The van der Waals surface area contributed by atoms with Gasteiger partial charge in [-0.3, -0.25) is 0 Å². The summed E-state index contributed by atoms with van der Waals surface area (Å²) in [6.07, 6.45) is 0. The second-order valence-corrected chi connectivity index (χ2v) is 6.84. The van der Waals surface area contributed by atoms with Crippen LogP contribution in [0.5, 0.6) is 0 Å². The maximum absolute atomic E-state index is 12.2. The average Bonchev–Trinajstić information content (AvgIpc) is 2.25. The van der Waals surface area contributed by atoms with Gasteiger partial charge in [-0.05, 0) is 25.2 Å². The number of likely N-dealkylation sites (N-methyl/N-ethyl adjacent to an activating group) is 2. The molecule has 1 aromatic rings. The van der Waals surface area contributed by atoms with Gasteiger partial charge < -0.3 is 5.32 Å². The van der Waals surface area contributed by atoms with Crippen LogP contribution in [0.25, 0.3) is 0 Å². The smallest absolute Gasteiger partial charge is 0.244 e. The first-order valence-electron chi connectivity index (χ1n) is 4.95. The van der Waals surface area contributed by atoms with E-state index in [9.17, 15) is 8.42 Å². The Morgan fingerprint density at radius 2 is 2.12 bits per heavy atom. The van der Waals surface area contributed by atoms with Crippen molar-refractivity contribution in [1.82, 2.24) is 9.62 Å². The number of hydrogen-bond acceptors (Lipinski definition) is 3. The first kappa shape index (κ1) is 14.9. The maximum atomic E-state index is 12.2. The highest BCUT2D eigenvalue weighted by Gasteiger charge is 2.22. The zero-order chi connectivity index (χ0) is 13.1. The van der Waals surface area contributed by atoms with Crippen molar-refractivity contribution in [2.45, 2.75) is 4.90 Å². The molecule has 0 fully saturated rings. The molecule has 0 bridgehead atoms. The summed E-state index contributed by atoms with van der Waals surface area (Å²) >= 11 is 9.18. The van der Waals surface area contributed by atoms with Crippen LogP contribution in [0, 0.1) is 0 Å². The van der Waals surface area contributed by atoms with E-state index >= 15 is 0 Å². The van der Waals surface area contributed by atoms with Gasteiger partial charge in [0, 0.05) is 24.6 Å². The highest BCUT2D eigenvalue weighted by Crippen LogP contribution is 2.26. The Bertz CT molecular complexity index is 493. The number of hydrogen-bond donors (Lipinski definition) is 1. The second kappa shape index (κ2) is 6.15. The minimum Gasteiger partial charge on any atom is -0.318 e. The standard InChI is InChI=1S/C10H14BrClN2O2S/c1-13-5-6-14(2)17(15,16)10-4-3-8(11)7-9(10)12/h3-4,7,13H,5-6H2,1-2H3. The molecule has 0 saturated carbocycles. The molecule has 96 valence electrons. The Hall–Kier alpha value is -0.140. The summed E-state index contributed by atoms with van der Waals surface area (Å²) in [4.78, 5) is 0.126. The molecule has 7 heteroatoms. The lowest BCUT2D eigenvalue weighted by molar-refractivity contribution is 0.466. The fourth-order valence-corrected chi connectivity index (χ4v) is 3.42. The summed E-state index contributed by atoms with van der Waals surface area (Å²) in [5.41, 5.74) is 0. The predicted octanol–water partition coefficient (Wildman–Crippen LogP) is 1.94. The van der Waals surface area contributed by atoms with Crippen molar-refractivity contribution in [3.63, 3.8) is 0 Å².